The van der Waals surface area contributed by atoms with Gasteiger partial charge in [-0.1, -0.05) is 51.5 Å². The van der Waals surface area contributed by atoms with Crippen molar-refractivity contribution in [1.29, 1.82) is 0 Å². The van der Waals surface area contributed by atoms with Gasteiger partial charge in [0.15, 0.2) is 0 Å². The first kappa shape index (κ1) is 27.9. The molecule has 2 saturated carbocycles. The molecule has 1 aromatic rings. The van der Waals surface area contributed by atoms with Crippen LogP contribution in [0.15, 0.2) is 42.3 Å². The number of carboxylic acids is 1. The van der Waals surface area contributed by atoms with E-state index in [0.717, 1.165) is 32.1 Å². The van der Waals surface area contributed by atoms with Gasteiger partial charge in [0.2, 0.25) is 0 Å². The molecule has 0 unspecified atom stereocenters. The summed E-state index contributed by atoms with van der Waals surface area (Å²) >= 11 is 0. The van der Waals surface area contributed by atoms with Gasteiger partial charge in [-0.25, -0.2) is 4.79 Å². The van der Waals surface area contributed by atoms with Crippen LogP contribution in [0.2, 0.25) is 0 Å². The van der Waals surface area contributed by atoms with E-state index in [1.165, 1.54) is 29.6 Å². The highest BCUT2D eigenvalue weighted by Crippen LogP contribution is 2.66. The fourth-order valence-corrected chi connectivity index (χ4v) is 8.39. The molecule has 0 spiro atoms. The highest BCUT2D eigenvalue weighted by Gasteiger charge is 2.57. The van der Waals surface area contributed by atoms with Crippen LogP contribution in [0.3, 0.4) is 0 Å². The van der Waals surface area contributed by atoms with Gasteiger partial charge < -0.3 is 19.9 Å². The Kier molecular flexibility index (Phi) is 7.91. The second kappa shape index (κ2) is 11.1. The number of hydrogen-bond donors (Lipinski definition) is 2. The smallest absolute Gasteiger partial charge is 0.480 e. The summed E-state index contributed by atoms with van der Waals surface area (Å²) in [6, 6.07) is 3.59. The normalized spacial score (nSPS) is 34.2. The van der Waals surface area contributed by atoms with Crippen LogP contribution in [0.1, 0.15) is 78.2 Å². The van der Waals surface area contributed by atoms with Crippen molar-refractivity contribution in [3.05, 3.63) is 47.8 Å². The number of carbonyl (C=O) groups is 2. The van der Waals surface area contributed by atoms with Crippen molar-refractivity contribution >= 4 is 17.7 Å². The van der Waals surface area contributed by atoms with E-state index in [4.69, 9.17) is 9.47 Å². The number of aromatic nitrogens is 1. The molecule has 7 heteroatoms. The first-order chi connectivity index (χ1) is 18.6. The summed E-state index contributed by atoms with van der Waals surface area (Å²) < 4.78 is 11.0. The molecule has 4 aliphatic carbocycles. The summed E-state index contributed by atoms with van der Waals surface area (Å²) in [5.74, 6) is 1.05. The van der Waals surface area contributed by atoms with E-state index in [-0.39, 0.29) is 36.0 Å². The maximum absolute atomic E-state index is 12.4. The number of carbonyl (C=O) groups excluding carboxylic acids is 1. The van der Waals surface area contributed by atoms with Crippen molar-refractivity contribution in [2.75, 3.05) is 13.2 Å². The van der Waals surface area contributed by atoms with E-state index in [1.807, 2.05) is 32.3 Å². The predicted octanol–water partition coefficient (Wildman–Crippen LogP) is 6.26. The van der Waals surface area contributed by atoms with Crippen LogP contribution in [0.25, 0.3) is 5.57 Å². The van der Waals surface area contributed by atoms with Crippen molar-refractivity contribution in [3.63, 3.8) is 0 Å². The Hall–Kier alpha value is -2.67. The van der Waals surface area contributed by atoms with Crippen molar-refractivity contribution in [3.8, 4) is 0 Å². The van der Waals surface area contributed by atoms with Gasteiger partial charge in [-0.2, -0.15) is 0 Å². The molecule has 212 valence electrons. The van der Waals surface area contributed by atoms with Crippen molar-refractivity contribution in [2.45, 2.75) is 84.8 Å². The number of carboxylic acid groups (broad SMARTS) is 1. The Morgan fingerprint density at radius 3 is 2.64 bits per heavy atom. The van der Waals surface area contributed by atoms with E-state index < -0.39 is 18.2 Å². The highest BCUT2D eigenvalue weighted by atomic mass is 16.7. The number of nitrogens with zero attached hydrogens (tertiary/aromatic N) is 1. The summed E-state index contributed by atoms with van der Waals surface area (Å²) in [7, 11) is 0. The Balaban J connectivity index is 1.17. The van der Waals surface area contributed by atoms with Gasteiger partial charge in [0, 0.05) is 25.4 Å². The molecular formula is C32H44N2O5. The van der Waals surface area contributed by atoms with E-state index in [1.54, 1.807) is 0 Å². The van der Waals surface area contributed by atoms with Crippen molar-refractivity contribution in [2.24, 2.45) is 34.5 Å². The van der Waals surface area contributed by atoms with Crippen LogP contribution in [0, 0.1) is 34.5 Å². The summed E-state index contributed by atoms with van der Waals surface area (Å²) in [4.78, 5) is 28.1. The topological polar surface area (TPSA) is 97.8 Å². The molecule has 7 nitrogen and oxygen atoms in total. The van der Waals surface area contributed by atoms with Crippen LogP contribution in [-0.2, 0) is 14.3 Å². The van der Waals surface area contributed by atoms with Gasteiger partial charge in [-0.3, -0.25) is 9.78 Å². The summed E-state index contributed by atoms with van der Waals surface area (Å²) in [6.07, 6.45) is 15.4. The van der Waals surface area contributed by atoms with E-state index in [0.29, 0.717) is 17.8 Å². The summed E-state index contributed by atoms with van der Waals surface area (Å²) in [5, 5.41) is 12.2. The highest BCUT2D eigenvalue weighted by molar-refractivity contribution is 5.74. The van der Waals surface area contributed by atoms with Gasteiger partial charge in [0.1, 0.15) is 18.8 Å². The van der Waals surface area contributed by atoms with Crippen LogP contribution in [0.5, 0.6) is 0 Å². The third-order valence-electron chi connectivity index (χ3n) is 10.5. The van der Waals surface area contributed by atoms with Crippen LogP contribution >= 0.6 is 0 Å². The lowest BCUT2D eigenvalue weighted by Crippen LogP contribution is -2.50. The second-order valence-electron chi connectivity index (χ2n) is 12.9. The number of allylic oxidation sites excluding steroid dienone is 3. The molecule has 2 N–H and O–H groups in total. The number of ether oxygens (including phenoxy) is 2. The molecule has 0 aliphatic heterocycles. The zero-order chi connectivity index (χ0) is 27.8. The maximum atomic E-state index is 12.4. The van der Waals surface area contributed by atoms with Crippen LogP contribution < -0.4 is 5.32 Å². The zero-order valence-electron chi connectivity index (χ0n) is 23.8. The number of rotatable bonds is 8. The van der Waals surface area contributed by atoms with E-state index in [9.17, 15) is 14.7 Å². The molecule has 1 heterocycles. The van der Waals surface area contributed by atoms with Gasteiger partial charge in [-0.15, -0.1) is 0 Å². The fourth-order valence-electron chi connectivity index (χ4n) is 8.39. The second-order valence-corrected chi connectivity index (χ2v) is 12.9. The predicted molar refractivity (Wildman–Crippen MR) is 150 cm³/mol. The minimum atomic E-state index is -0.901. The van der Waals surface area contributed by atoms with Gasteiger partial charge in [0.05, 0.1) is 0 Å². The third-order valence-corrected chi connectivity index (χ3v) is 10.5. The van der Waals surface area contributed by atoms with Crippen molar-refractivity contribution in [1.82, 2.24) is 10.3 Å². The van der Waals surface area contributed by atoms with Crippen LogP contribution in [0.4, 0.5) is 4.79 Å². The fraction of sp³-hybridized carbons (Fsp3) is 0.656. The third kappa shape index (κ3) is 5.27. The average Bonchev–Trinajstić information content (AvgIpc) is 3.26. The number of aliphatic carboxylic acids is 1. The Labute approximate surface area is 232 Å². The Morgan fingerprint density at radius 1 is 1.13 bits per heavy atom. The monoisotopic (exact) mass is 536 g/mol. The lowest BCUT2D eigenvalue weighted by atomic mass is 9.47. The van der Waals surface area contributed by atoms with Gasteiger partial charge in [0.25, 0.3) is 0 Å². The molecule has 4 aliphatic rings. The molecule has 0 aromatic carbocycles. The summed E-state index contributed by atoms with van der Waals surface area (Å²) in [6.45, 7) is 8.99. The molecule has 39 heavy (non-hydrogen) atoms. The molecule has 2 fully saturated rings. The van der Waals surface area contributed by atoms with Crippen LogP contribution in [-0.4, -0.2) is 47.5 Å². The van der Waals surface area contributed by atoms with E-state index in [2.05, 4.69) is 42.4 Å². The molecule has 0 bridgehead atoms. The van der Waals surface area contributed by atoms with Crippen molar-refractivity contribution < 1.29 is 24.2 Å². The Bertz CT molecular complexity index is 1130. The quantitative estimate of drug-likeness (QED) is 0.230. The van der Waals surface area contributed by atoms with E-state index >= 15 is 0 Å². The molecule has 0 saturated heterocycles. The molecule has 0 radical (unpaired) electrons. The number of nitrogens with one attached hydrogen (secondary N) is 1. The SMILES string of the molecule is CC(C)[C@H](NCCOC(=O)O[C@H]1CC[C@@]2(C)C(=CC[C@@H]3[C@@H]2CC[C@]2(C)C(c4cccnc4)=CC[C@@H]32)C1)C(=O)O. The maximum Gasteiger partial charge on any atom is 0.508 e. The first-order valence-electron chi connectivity index (χ1n) is 14.7. The lowest BCUT2D eigenvalue weighted by Gasteiger charge is -2.57. The van der Waals surface area contributed by atoms with Gasteiger partial charge in [-0.05, 0) is 90.2 Å². The lowest BCUT2D eigenvalue weighted by molar-refractivity contribution is -0.140. The molecule has 7 atom stereocenters. The number of pyridine rings is 1. The average molecular weight is 537 g/mol. The molecule has 0 amide bonds. The summed E-state index contributed by atoms with van der Waals surface area (Å²) in [5.41, 5.74) is 4.61. The zero-order valence-corrected chi connectivity index (χ0v) is 23.8. The first-order valence-corrected chi connectivity index (χ1v) is 14.7. The number of hydrogen-bond acceptors (Lipinski definition) is 6. The number of fused-ring (bicyclic) bond motifs is 5. The standard InChI is InChI=1S/C32H44N2O5/c1-20(2)28(29(35)36)34-16-17-38-30(37)39-23-11-13-31(3)22(18-23)7-8-24-26-10-9-25(21-6-5-15-33-19-21)32(26,4)14-12-27(24)31/h5-7,9,15,19-20,23-24,26-28,34H,8,10-14,16-18H2,1-4H3,(H,35,36)/t23-,24-,26-,27-,28-,31-,32+/m0/s1. The minimum absolute atomic E-state index is 0.0552. The molecule has 1 aromatic heterocycles. The molecule has 5 rings (SSSR count). The largest absolute Gasteiger partial charge is 0.508 e. The molecular weight excluding hydrogens is 492 g/mol. The minimum Gasteiger partial charge on any atom is -0.480 e. The van der Waals surface area contributed by atoms with Gasteiger partial charge >= 0.3 is 12.1 Å². The Morgan fingerprint density at radius 2 is 1.92 bits per heavy atom.